The second-order valence-electron chi connectivity index (χ2n) is 3.15. The maximum Gasteiger partial charge on any atom is 0.207 e. The molecule has 0 spiro atoms. The van der Waals surface area contributed by atoms with Gasteiger partial charge in [-0.25, -0.2) is 0 Å². The number of hydrogen-bond donors (Lipinski definition) is 0. The van der Waals surface area contributed by atoms with Crippen LogP contribution in [0.5, 0.6) is 11.5 Å². The summed E-state index contributed by atoms with van der Waals surface area (Å²) in [6.45, 7) is 0.321. The minimum atomic E-state index is 0.321. The van der Waals surface area contributed by atoms with E-state index in [2.05, 4.69) is 42.1 Å². The molecule has 0 unspecified atom stereocenters. The van der Waals surface area contributed by atoms with Crippen molar-refractivity contribution in [1.82, 2.24) is 10.2 Å². The Labute approximate surface area is 130 Å². The van der Waals surface area contributed by atoms with Crippen LogP contribution >= 0.6 is 54.8 Å². The lowest BCUT2D eigenvalue weighted by molar-refractivity contribution is 0.301. The predicted octanol–water partition coefficient (Wildman–Crippen LogP) is 4.30. The first-order valence-electron chi connectivity index (χ1n) is 4.74. The van der Waals surface area contributed by atoms with Gasteiger partial charge in [-0.15, -0.1) is 10.2 Å². The molecule has 0 fully saturated rings. The number of ether oxygens (including phenoxy) is 2. The quantitative estimate of drug-likeness (QED) is 0.748. The van der Waals surface area contributed by atoms with Gasteiger partial charge in [-0.1, -0.05) is 11.3 Å². The fraction of sp³-hybridized carbons (Fsp3) is 0.200. The lowest BCUT2D eigenvalue weighted by Crippen LogP contribution is -1.96. The number of aromatic nitrogens is 2. The van der Waals surface area contributed by atoms with Crippen LogP contribution in [0, 0.1) is 0 Å². The standard InChI is InChI=1S/C10H7Br2ClN2O2S/c1-16-7-2-6(12)8(3-5(7)11)17-4-9-14-15-10(13)18-9/h2-3H,4H2,1H3. The molecule has 0 aliphatic rings. The van der Waals surface area contributed by atoms with Crippen LogP contribution in [0.15, 0.2) is 21.1 Å². The minimum Gasteiger partial charge on any atom is -0.496 e. The van der Waals surface area contributed by atoms with Crippen molar-refractivity contribution in [2.24, 2.45) is 0 Å². The summed E-state index contributed by atoms with van der Waals surface area (Å²) in [6, 6.07) is 3.65. The van der Waals surface area contributed by atoms with Gasteiger partial charge in [0, 0.05) is 0 Å². The van der Waals surface area contributed by atoms with Crippen LogP contribution in [-0.4, -0.2) is 17.3 Å². The molecular formula is C10H7Br2ClN2O2S. The van der Waals surface area contributed by atoms with Gasteiger partial charge in [0.05, 0.1) is 16.1 Å². The third-order valence-corrected chi connectivity index (χ3v) is 4.23. The molecule has 0 bridgehead atoms. The van der Waals surface area contributed by atoms with Crippen molar-refractivity contribution in [1.29, 1.82) is 0 Å². The van der Waals surface area contributed by atoms with Gasteiger partial charge in [0.15, 0.2) is 5.01 Å². The second-order valence-corrected chi connectivity index (χ2v) is 6.51. The van der Waals surface area contributed by atoms with Gasteiger partial charge in [-0.3, -0.25) is 0 Å². The third-order valence-electron chi connectivity index (χ3n) is 2.00. The van der Waals surface area contributed by atoms with E-state index in [1.807, 2.05) is 12.1 Å². The van der Waals surface area contributed by atoms with Crippen molar-refractivity contribution >= 4 is 54.8 Å². The number of nitrogens with zero attached hydrogens (tertiary/aromatic N) is 2. The first kappa shape index (κ1) is 14.0. The van der Waals surface area contributed by atoms with E-state index in [0.29, 0.717) is 16.8 Å². The van der Waals surface area contributed by atoms with Gasteiger partial charge in [-0.05, 0) is 55.6 Å². The molecule has 0 aliphatic carbocycles. The number of hydrogen-bond acceptors (Lipinski definition) is 5. The monoisotopic (exact) mass is 412 g/mol. The van der Waals surface area contributed by atoms with E-state index in [4.69, 9.17) is 21.1 Å². The lowest BCUT2D eigenvalue weighted by Gasteiger charge is -2.09. The Hall–Kier alpha value is -0.370. The molecule has 0 amide bonds. The van der Waals surface area contributed by atoms with Gasteiger partial charge in [0.1, 0.15) is 18.1 Å². The predicted molar refractivity (Wildman–Crippen MR) is 77.6 cm³/mol. The highest BCUT2D eigenvalue weighted by Gasteiger charge is 2.09. The van der Waals surface area contributed by atoms with Crippen molar-refractivity contribution in [2.45, 2.75) is 6.61 Å². The largest absolute Gasteiger partial charge is 0.496 e. The molecule has 1 heterocycles. The summed E-state index contributed by atoms with van der Waals surface area (Å²) in [5.41, 5.74) is 0. The maximum atomic E-state index is 5.69. The molecule has 8 heteroatoms. The van der Waals surface area contributed by atoms with E-state index in [0.717, 1.165) is 19.7 Å². The van der Waals surface area contributed by atoms with Crippen LogP contribution in [0.1, 0.15) is 5.01 Å². The van der Waals surface area contributed by atoms with Gasteiger partial charge < -0.3 is 9.47 Å². The summed E-state index contributed by atoms with van der Waals surface area (Å²) in [7, 11) is 1.61. The SMILES string of the molecule is COc1cc(Br)c(OCc2nnc(Cl)s2)cc1Br. The molecule has 0 saturated carbocycles. The average molecular weight is 415 g/mol. The van der Waals surface area contributed by atoms with E-state index in [-0.39, 0.29) is 0 Å². The zero-order valence-electron chi connectivity index (χ0n) is 9.11. The van der Waals surface area contributed by atoms with Gasteiger partial charge in [-0.2, -0.15) is 0 Å². The number of methoxy groups -OCH3 is 1. The summed E-state index contributed by atoms with van der Waals surface area (Å²) in [5, 5.41) is 8.31. The van der Waals surface area contributed by atoms with Gasteiger partial charge >= 0.3 is 0 Å². The van der Waals surface area contributed by atoms with Crippen LogP contribution in [0.2, 0.25) is 4.47 Å². The zero-order valence-corrected chi connectivity index (χ0v) is 13.9. The molecule has 0 saturated heterocycles. The summed E-state index contributed by atoms with van der Waals surface area (Å²) in [4.78, 5) is 0. The Balaban J connectivity index is 2.12. The normalized spacial score (nSPS) is 10.4. The van der Waals surface area contributed by atoms with Crippen molar-refractivity contribution in [3.63, 3.8) is 0 Å². The Morgan fingerprint density at radius 1 is 1.22 bits per heavy atom. The molecule has 0 atom stereocenters. The van der Waals surface area contributed by atoms with Crippen molar-refractivity contribution in [3.05, 3.63) is 30.6 Å². The molecule has 1 aromatic carbocycles. The molecule has 4 nitrogen and oxygen atoms in total. The number of halogens is 3. The van der Waals surface area contributed by atoms with Crippen molar-refractivity contribution in [3.8, 4) is 11.5 Å². The first-order chi connectivity index (χ1) is 8.60. The maximum absolute atomic E-state index is 5.69. The molecule has 96 valence electrons. The lowest BCUT2D eigenvalue weighted by atomic mass is 10.3. The average Bonchev–Trinajstić information content (AvgIpc) is 2.75. The summed E-state index contributed by atoms with van der Waals surface area (Å²) >= 11 is 13.8. The van der Waals surface area contributed by atoms with Gasteiger partial charge in [0.25, 0.3) is 0 Å². The Morgan fingerprint density at radius 3 is 2.50 bits per heavy atom. The molecular weight excluding hydrogens is 407 g/mol. The van der Waals surface area contributed by atoms with Gasteiger partial charge in [0.2, 0.25) is 4.47 Å². The van der Waals surface area contributed by atoms with Crippen LogP contribution in [0.3, 0.4) is 0 Å². The molecule has 18 heavy (non-hydrogen) atoms. The highest BCUT2D eigenvalue weighted by molar-refractivity contribution is 9.11. The second kappa shape index (κ2) is 6.18. The van der Waals surface area contributed by atoms with Crippen LogP contribution in [-0.2, 0) is 6.61 Å². The third kappa shape index (κ3) is 3.34. The molecule has 0 radical (unpaired) electrons. The topological polar surface area (TPSA) is 44.2 Å². The Morgan fingerprint density at radius 2 is 1.89 bits per heavy atom. The van der Waals surface area contributed by atoms with E-state index in [9.17, 15) is 0 Å². The first-order valence-corrected chi connectivity index (χ1v) is 7.52. The summed E-state index contributed by atoms with van der Waals surface area (Å²) in [5.74, 6) is 1.42. The molecule has 0 aliphatic heterocycles. The van der Waals surface area contributed by atoms with E-state index in [1.54, 1.807) is 7.11 Å². The highest BCUT2D eigenvalue weighted by atomic mass is 79.9. The van der Waals surface area contributed by atoms with Crippen LogP contribution in [0.25, 0.3) is 0 Å². The molecule has 2 aromatic rings. The number of rotatable bonds is 4. The zero-order chi connectivity index (χ0) is 13.1. The van der Waals surface area contributed by atoms with E-state index < -0.39 is 0 Å². The summed E-state index contributed by atoms with van der Waals surface area (Å²) < 4.78 is 12.8. The van der Waals surface area contributed by atoms with Crippen LogP contribution < -0.4 is 9.47 Å². The van der Waals surface area contributed by atoms with E-state index in [1.165, 1.54) is 11.3 Å². The van der Waals surface area contributed by atoms with E-state index >= 15 is 0 Å². The molecule has 2 rings (SSSR count). The Kier molecular flexibility index (Phi) is 4.83. The highest BCUT2D eigenvalue weighted by Crippen LogP contribution is 2.36. The Bertz CT molecular complexity index is 565. The number of benzene rings is 1. The molecule has 0 N–H and O–H groups in total. The smallest absolute Gasteiger partial charge is 0.207 e. The summed E-state index contributed by atoms with van der Waals surface area (Å²) in [6.07, 6.45) is 0. The van der Waals surface area contributed by atoms with Crippen molar-refractivity contribution in [2.75, 3.05) is 7.11 Å². The van der Waals surface area contributed by atoms with Crippen LogP contribution in [0.4, 0.5) is 0 Å². The fourth-order valence-corrected chi connectivity index (χ4v) is 2.91. The minimum absolute atomic E-state index is 0.321. The fourth-order valence-electron chi connectivity index (χ4n) is 1.21. The van der Waals surface area contributed by atoms with Crippen molar-refractivity contribution < 1.29 is 9.47 Å². The molecule has 1 aromatic heterocycles.